The Morgan fingerprint density at radius 2 is 2.43 bits per heavy atom. The molecule has 1 amide bonds. The molecule has 1 aliphatic heterocycles. The summed E-state index contributed by atoms with van der Waals surface area (Å²) in [5.41, 5.74) is 0. The van der Waals surface area contributed by atoms with Crippen LogP contribution in [0.5, 0.6) is 0 Å². The van der Waals surface area contributed by atoms with Crippen LogP contribution in [0.4, 0.5) is 0 Å². The Bertz CT molecular complexity index is 196. The van der Waals surface area contributed by atoms with E-state index in [9.17, 15) is 4.79 Å². The molecule has 0 bridgehead atoms. The van der Waals surface area contributed by atoms with Crippen LogP contribution >= 0.6 is 0 Å². The van der Waals surface area contributed by atoms with E-state index in [1.807, 2.05) is 13.8 Å². The third kappa shape index (κ3) is 2.96. The monoisotopic (exact) mass is 199 g/mol. The molecule has 2 unspecified atom stereocenters. The van der Waals surface area contributed by atoms with Gasteiger partial charge in [-0.2, -0.15) is 0 Å². The average molecular weight is 199 g/mol. The van der Waals surface area contributed by atoms with Crippen LogP contribution in [0.2, 0.25) is 0 Å². The standard InChI is InChI=1S/C10H21N3O/c1-4-11-10(14)9(3)13-6-5-12-8(2)7-13/h8-9,12H,4-7H2,1-3H3,(H,11,14). The molecule has 1 fully saturated rings. The van der Waals surface area contributed by atoms with E-state index in [1.54, 1.807) is 0 Å². The maximum atomic E-state index is 11.6. The topological polar surface area (TPSA) is 44.4 Å². The van der Waals surface area contributed by atoms with E-state index in [4.69, 9.17) is 0 Å². The van der Waals surface area contributed by atoms with Gasteiger partial charge >= 0.3 is 0 Å². The Hall–Kier alpha value is -0.610. The molecular weight excluding hydrogens is 178 g/mol. The average Bonchev–Trinajstić information content (AvgIpc) is 2.17. The zero-order chi connectivity index (χ0) is 10.6. The molecule has 0 radical (unpaired) electrons. The first-order valence-electron chi connectivity index (χ1n) is 5.40. The van der Waals surface area contributed by atoms with Crippen LogP contribution in [0, 0.1) is 0 Å². The predicted octanol–water partition coefficient (Wildman–Crippen LogP) is -0.195. The zero-order valence-electron chi connectivity index (χ0n) is 9.34. The molecule has 2 N–H and O–H groups in total. The van der Waals surface area contributed by atoms with Gasteiger partial charge in [-0.15, -0.1) is 0 Å². The number of rotatable bonds is 3. The van der Waals surface area contributed by atoms with Crippen molar-refractivity contribution in [1.82, 2.24) is 15.5 Å². The molecule has 2 atom stereocenters. The first-order chi connectivity index (χ1) is 6.65. The first kappa shape index (κ1) is 11.5. The second kappa shape index (κ2) is 5.32. The van der Waals surface area contributed by atoms with Crippen molar-refractivity contribution in [2.75, 3.05) is 26.2 Å². The van der Waals surface area contributed by atoms with Crippen molar-refractivity contribution in [3.8, 4) is 0 Å². The van der Waals surface area contributed by atoms with Crippen molar-refractivity contribution in [2.45, 2.75) is 32.9 Å². The quantitative estimate of drug-likeness (QED) is 0.662. The third-order valence-electron chi connectivity index (χ3n) is 2.68. The fraction of sp³-hybridized carbons (Fsp3) is 0.900. The van der Waals surface area contributed by atoms with Crippen molar-refractivity contribution in [1.29, 1.82) is 0 Å². The summed E-state index contributed by atoms with van der Waals surface area (Å²) in [6.45, 7) is 9.68. The summed E-state index contributed by atoms with van der Waals surface area (Å²) in [4.78, 5) is 13.8. The van der Waals surface area contributed by atoms with E-state index in [2.05, 4.69) is 22.5 Å². The van der Waals surface area contributed by atoms with E-state index >= 15 is 0 Å². The minimum absolute atomic E-state index is 0.000463. The van der Waals surface area contributed by atoms with Crippen LogP contribution in [0.15, 0.2) is 0 Å². The highest BCUT2D eigenvalue weighted by atomic mass is 16.2. The second-order valence-electron chi connectivity index (χ2n) is 3.92. The Morgan fingerprint density at radius 1 is 1.71 bits per heavy atom. The summed E-state index contributed by atoms with van der Waals surface area (Å²) in [7, 11) is 0. The number of hydrogen-bond donors (Lipinski definition) is 2. The predicted molar refractivity (Wildman–Crippen MR) is 57.2 cm³/mol. The maximum absolute atomic E-state index is 11.6. The van der Waals surface area contributed by atoms with E-state index in [1.165, 1.54) is 0 Å². The number of carbonyl (C=O) groups is 1. The Morgan fingerprint density at radius 3 is 3.00 bits per heavy atom. The lowest BCUT2D eigenvalue weighted by Crippen LogP contribution is -2.55. The molecular formula is C10H21N3O. The summed E-state index contributed by atoms with van der Waals surface area (Å²) in [6, 6.07) is 0.486. The van der Waals surface area contributed by atoms with Crippen molar-refractivity contribution < 1.29 is 4.79 Å². The third-order valence-corrected chi connectivity index (χ3v) is 2.68. The number of amides is 1. The van der Waals surface area contributed by atoms with Gasteiger partial charge in [0.05, 0.1) is 6.04 Å². The number of piperazine rings is 1. The second-order valence-corrected chi connectivity index (χ2v) is 3.92. The Balaban J connectivity index is 2.42. The highest BCUT2D eigenvalue weighted by Crippen LogP contribution is 2.04. The van der Waals surface area contributed by atoms with Crippen molar-refractivity contribution in [3.05, 3.63) is 0 Å². The SMILES string of the molecule is CCNC(=O)C(C)N1CCNC(C)C1. The lowest BCUT2D eigenvalue weighted by atomic mass is 10.1. The Kier molecular flexibility index (Phi) is 4.35. The summed E-state index contributed by atoms with van der Waals surface area (Å²) in [6.07, 6.45) is 0. The van der Waals surface area contributed by atoms with Crippen LogP contribution < -0.4 is 10.6 Å². The molecule has 14 heavy (non-hydrogen) atoms. The molecule has 1 aliphatic rings. The fourth-order valence-corrected chi connectivity index (χ4v) is 1.80. The van der Waals surface area contributed by atoms with E-state index in [0.29, 0.717) is 12.6 Å². The lowest BCUT2D eigenvalue weighted by Gasteiger charge is -2.35. The number of likely N-dealkylation sites (N-methyl/N-ethyl adjacent to an activating group) is 1. The van der Waals surface area contributed by atoms with Gasteiger partial charge in [-0.3, -0.25) is 9.69 Å². The fourth-order valence-electron chi connectivity index (χ4n) is 1.80. The molecule has 4 nitrogen and oxygen atoms in total. The number of nitrogens with one attached hydrogen (secondary N) is 2. The molecule has 0 aromatic rings. The molecule has 1 heterocycles. The largest absolute Gasteiger partial charge is 0.355 e. The van der Waals surface area contributed by atoms with Gasteiger partial charge in [0, 0.05) is 32.2 Å². The summed E-state index contributed by atoms with van der Waals surface area (Å²) in [5, 5.41) is 6.22. The molecule has 1 saturated heterocycles. The molecule has 1 rings (SSSR count). The molecule has 0 saturated carbocycles. The highest BCUT2D eigenvalue weighted by Gasteiger charge is 2.24. The smallest absolute Gasteiger partial charge is 0.237 e. The van der Waals surface area contributed by atoms with Crippen LogP contribution in [0.1, 0.15) is 20.8 Å². The van der Waals surface area contributed by atoms with Crippen LogP contribution in [0.3, 0.4) is 0 Å². The number of carbonyl (C=O) groups excluding carboxylic acids is 1. The molecule has 0 aromatic heterocycles. The van der Waals surface area contributed by atoms with Gasteiger partial charge in [0.1, 0.15) is 0 Å². The maximum Gasteiger partial charge on any atom is 0.237 e. The summed E-state index contributed by atoms with van der Waals surface area (Å²) < 4.78 is 0. The van der Waals surface area contributed by atoms with Crippen molar-refractivity contribution >= 4 is 5.91 Å². The van der Waals surface area contributed by atoms with Crippen LogP contribution in [-0.2, 0) is 4.79 Å². The van der Waals surface area contributed by atoms with Gasteiger partial charge in [0.2, 0.25) is 5.91 Å². The lowest BCUT2D eigenvalue weighted by molar-refractivity contribution is -0.126. The van der Waals surface area contributed by atoms with Gasteiger partial charge in [-0.25, -0.2) is 0 Å². The summed E-state index contributed by atoms with van der Waals surface area (Å²) in [5.74, 6) is 0.140. The van der Waals surface area contributed by atoms with Gasteiger partial charge in [0.25, 0.3) is 0 Å². The highest BCUT2D eigenvalue weighted by molar-refractivity contribution is 5.81. The van der Waals surface area contributed by atoms with E-state index in [-0.39, 0.29) is 11.9 Å². The van der Waals surface area contributed by atoms with Gasteiger partial charge in [-0.05, 0) is 20.8 Å². The van der Waals surface area contributed by atoms with Crippen molar-refractivity contribution in [2.24, 2.45) is 0 Å². The number of nitrogens with zero attached hydrogens (tertiary/aromatic N) is 1. The van der Waals surface area contributed by atoms with E-state index < -0.39 is 0 Å². The molecule has 0 spiro atoms. The van der Waals surface area contributed by atoms with Gasteiger partial charge in [0.15, 0.2) is 0 Å². The molecule has 0 aromatic carbocycles. The number of hydrogen-bond acceptors (Lipinski definition) is 3. The zero-order valence-corrected chi connectivity index (χ0v) is 9.34. The normalized spacial score (nSPS) is 25.8. The minimum Gasteiger partial charge on any atom is -0.355 e. The van der Waals surface area contributed by atoms with Crippen molar-refractivity contribution in [3.63, 3.8) is 0 Å². The van der Waals surface area contributed by atoms with Gasteiger partial charge < -0.3 is 10.6 Å². The molecule has 0 aliphatic carbocycles. The minimum atomic E-state index is -0.000463. The molecule has 82 valence electrons. The van der Waals surface area contributed by atoms with E-state index in [0.717, 1.165) is 19.6 Å². The molecule has 4 heteroatoms. The van der Waals surface area contributed by atoms with Crippen LogP contribution in [-0.4, -0.2) is 49.1 Å². The van der Waals surface area contributed by atoms with Crippen LogP contribution in [0.25, 0.3) is 0 Å². The summed E-state index contributed by atoms with van der Waals surface area (Å²) >= 11 is 0. The Labute approximate surface area is 86.0 Å². The van der Waals surface area contributed by atoms with Gasteiger partial charge in [-0.1, -0.05) is 0 Å². The first-order valence-corrected chi connectivity index (χ1v) is 5.40.